The number of aryl methyl sites for hydroxylation is 1. The van der Waals surface area contributed by atoms with Crippen LogP contribution < -0.4 is 9.47 Å². The van der Waals surface area contributed by atoms with Gasteiger partial charge in [0, 0.05) is 38.2 Å². The maximum Gasteiger partial charge on any atom is 0.254 e. The van der Waals surface area contributed by atoms with Crippen LogP contribution >= 0.6 is 0 Å². The summed E-state index contributed by atoms with van der Waals surface area (Å²) in [4.78, 5) is 21.4. The van der Waals surface area contributed by atoms with E-state index in [-0.39, 0.29) is 11.9 Å². The number of nitrogens with zero attached hydrogens (tertiary/aromatic N) is 4. The fourth-order valence-corrected chi connectivity index (χ4v) is 3.20. The number of methoxy groups -OCH3 is 2. The third-order valence-electron chi connectivity index (χ3n) is 4.94. The van der Waals surface area contributed by atoms with Gasteiger partial charge in [0.25, 0.3) is 5.91 Å². The number of piperazine rings is 1. The molecule has 1 amide bonds. The van der Waals surface area contributed by atoms with Gasteiger partial charge in [-0.05, 0) is 25.1 Å². The Bertz CT molecular complexity index is 784. The second kappa shape index (κ2) is 8.39. The molecular formula is C19H26N4O4. The van der Waals surface area contributed by atoms with Gasteiger partial charge < -0.3 is 18.9 Å². The molecule has 1 aromatic heterocycles. The fraction of sp³-hybridized carbons (Fsp3) is 0.526. The molecule has 0 radical (unpaired) electrons. The smallest absolute Gasteiger partial charge is 0.254 e. The number of ether oxygens (including phenoxy) is 2. The van der Waals surface area contributed by atoms with Gasteiger partial charge in [-0.15, -0.1) is 0 Å². The SMILES string of the molecule is CCc1noc(C(C)N2CCN(C(=O)c3ccc(OC)c(OC)c3)CC2)n1. The van der Waals surface area contributed by atoms with Gasteiger partial charge in [0.2, 0.25) is 5.89 Å². The zero-order valence-electron chi connectivity index (χ0n) is 16.3. The third-order valence-corrected chi connectivity index (χ3v) is 4.94. The largest absolute Gasteiger partial charge is 0.493 e. The molecule has 2 heterocycles. The Kier molecular flexibility index (Phi) is 5.95. The Balaban J connectivity index is 1.62. The molecule has 0 saturated carbocycles. The molecule has 0 aliphatic carbocycles. The zero-order valence-corrected chi connectivity index (χ0v) is 16.3. The van der Waals surface area contributed by atoms with E-state index >= 15 is 0 Å². The highest BCUT2D eigenvalue weighted by molar-refractivity contribution is 5.95. The summed E-state index contributed by atoms with van der Waals surface area (Å²) in [6.45, 7) is 6.85. The van der Waals surface area contributed by atoms with Crippen LogP contribution in [0.2, 0.25) is 0 Å². The Morgan fingerprint density at radius 2 is 1.89 bits per heavy atom. The van der Waals surface area contributed by atoms with Gasteiger partial charge >= 0.3 is 0 Å². The number of hydrogen-bond acceptors (Lipinski definition) is 7. The van der Waals surface area contributed by atoms with Gasteiger partial charge in [0.05, 0.1) is 20.3 Å². The molecule has 27 heavy (non-hydrogen) atoms. The van der Waals surface area contributed by atoms with Gasteiger partial charge in [-0.2, -0.15) is 4.98 Å². The molecule has 0 bridgehead atoms. The molecule has 1 unspecified atom stereocenters. The van der Waals surface area contributed by atoms with Gasteiger partial charge in [-0.25, -0.2) is 0 Å². The first kappa shape index (κ1) is 19.2. The summed E-state index contributed by atoms with van der Waals surface area (Å²) in [6.07, 6.45) is 0.754. The number of carbonyl (C=O) groups is 1. The summed E-state index contributed by atoms with van der Waals surface area (Å²) >= 11 is 0. The van der Waals surface area contributed by atoms with Gasteiger partial charge in [-0.1, -0.05) is 12.1 Å². The standard InChI is InChI=1S/C19H26N4O4/c1-5-17-20-18(27-21-17)13(2)22-8-10-23(11-9-22)19(24)14-6-7-15(25-3)16(12-14)26-4/h6-7,12-13H,5,8-11H2,1-4H3. The predicted molar refractivity (Wildman–Crippen MR) is 99.1 cm³/mol. The van der Waals surface area contributed by atoms with Crippen molar-refractivity contribution in [3.8, 4) is 11.5 Å². The van der Waals surface area contributed by atoms with E-state index in [0.29, 0.717) is 36.0 Å². The molecule has 1 saturated heterocycles. The minimum Gasteiger partial charge on any atom is -0.493 e. The highest BCUT2D eigenvalue weighted by Gasteiger charge is 2.28. The molecule has 146 valence electrons. The van der Waals surface area contributed by atoms with Crippen LogP contribution in [-0.2, 0) is 6.42 Å². The topological polar surface area (TPSA) is 80.9 Å². The number of hydrogen-bond donors (Lipinski definition) is 0. The molecule has 1 aromatic carbocycles. The van der Waals surface area contributed by atoms with E-state index in [9.17, 15) is 4.79 Å². The number of rotatable bonds is 6. The molecule has 1 atom stereocenters. The van der Waals surface area contributed by atoms with Crippen LogP contribution in [-0.4, -0.2) is 66.2 Å². The molecular weight excluding hydrogens is 348 g/mol. The van der Waals surface area contributed by atoms with Crippen LogP contribution in [0.4, 0.5) is 0 Å². The lowest BCUT2D eigenvalue weighted by Crippen LogP contribution is -2.49. The van der Waals surface area contributed by atoms with Crippen LogP contribution in [0.25, 0.3) is 0 Å². The van der Waals surface area contributed by atoms with Crippen LogP contribution in [0.3, 0.4) is 0 Å². The Morgan fingerprint density at radius 1 is 1.19 bits per heavy atom. The summed E-state index contributed by atoms with van der Waals surface area (Å²) in [5.74, 6) is 2.51. The second-order valence-electron chi connectivity index (χ2n) is 6.48. The number of benzene rings is 1. The third kappa shape index (κ3) is 4.05. The average molecular weight is 374 g/mol. The fourth-order valence-electron chi connectivity index (χ4n) is 3.20. The number of aromatic nitrogens is 2. The first-order valence-electron chi connectivity index (χ1n) is 9.15. The molecule has 0 N–H and O–H groups in total. The van der Waals surface area contributed by atoms with E-state index in [2.05, 4.69) is 22.0 Å². The number of amides is 1. The Morgan fingerprint density at radius 3 is 2.48 bits per heavy atom. The lowest BCUT2D eigenvalue weighted by Gasteiger charge is -2.36. The summed E-state index contributed by atoms with van der Waals surface area (Å²) in [6, 6.07) is 5.28. The van der Waals surface area contributed by atoms with E-state index in [1.165, 1.54) is 0 Å². The van der Waals surface area contributed by atoms with E-state index in [1.807, 2.05) is 11.8 Å². The van der Waals surface area contributed by atoms with Crippen molar-refractivity contribution in [2.75, 3.05) is 40.4 Å². The van der Waals surface area contributed by atoms with E-state index in [1.54, 1.807) is 32.4 Å². The van der Waals surface area contributed by atoms with Crippen molar-refractivity contribution in [2.24, 2.45) is 0 Å². The average Bonchev–Trinajstić information content (AvgIpc) is 3.21. The van der Waals surface area contributed by atoms with E-state index < -0.39 is 0 Å². The highest BCUT2D eigenvalue weighted by atomic mass is 16.5. The summed E-state index contributed by atoms with van der Waals surface area (Å²) in [7, 11) is 3.14. The monoisotopic (exact) mass is 374 g/mol. The molecule has 8 heteroatoms. The van der Waals surface area contributed by atoms with Crippen LogP contribution in [0.5, 0.6) is 11.5 Å². The minimum atomic E-state index is -0.00526. The van der Waals surface area contributed by atoms with Crippen molar-refractivity contribution in [1.82, 2.24) is 19.9 Å². The normalized spacial score (nSPS) is 16.2. The molecule has 8 nitrogen and oxygen atoms in total. The minimum absolute atomic E-state index is 0.00526. The van der Waals surface area contributed by atoms with Crippen molar-refractivity contribution >= 4 is 5.91 Å². The van der Waals surface area contributed by atoms with E-state index in [0.717, 1.165) is 25.3 Å². The van der Waals surface area contributed by atoms with Crippen molar-refractivity contribution in [1.29, 1.82) is 0 Å². The zero-order chi connectivity index (χ0) is 19.4. The predicted octanol–water partition coefficient (Wildman–Crippen LogP) is 2.17. The molecule has 1 fully saturated rings. The maximum absolute atomic E-state index is 12.8. The quantitative estimate of drug-likeness (QED) is 0.766. The first-order valence-corrected chi connectivity index (χ1v) is 9.15. The highest BCUT2D eigenvalue weighted by Crippen LogP contribution is 2.28. The van der Waals surface area contributed by atoms with Crippen molar-refractivity contribution in [3.05, 3.63) is 35.5 Å². The molecule has 1 aliphatic rings. The van der Waals surface area contributed by atoms with Crippen LogP contribution in [0, 0.1) is 0 Å². The lowest BCUT2D eigenvalue weighted by atomic mass is 10.1. The Hall–Kier alpha value is -2.61. The second-order valence-corrected chi connectivity index (χ2v) is 6.48. The maximum atomic E-state index is 12.8. The summed E-state index contributed by atoms with van der Waals surface area (Å²) in [5, 5.41) is 3.96. The van der Waals surface area contributed by atoms with Crippen LogP contribution in [0.1, 0.15) is 42.0 Å². The van der Waals surface area contributed by atoms with Gasteiger partial charge in [0.1, 0.15) is 0 Å². The van der Waals surface area contributed by atoms with Gasteiger partial charge in [-0.3, -0.25) is 9.69 Å². The molecule has 3 rings (SSSR count). The summed E-state index contributed by atoms with van der Waals surface area (Å²) < 4.78 is 15.9. The van der Waals surface area contributed by atoms with Gasteiger partial charge in [0.15, 0.2) is 17.3 Å². The van der Waals surface area contributed by atoms with Crippen molar-refractivity contribution < 1.29 is 18.8 Å². The van der Waals surface area contributed by atoms with Crippen molar-refractivity contribution in [2.45, 2.75) is 26.3 Å². The first-order chi connectivity index (χ1) is 13.1. The molecule has 2 aromatic rings. The summed E-state index contributed by atoms with van der Waals surface area (Å²) in [5.41, 5.74) is 0.596. The Labute approximate surface area is 159 Å². The van der Waals surface area contributed by atoms with E-state index in [4.69, 9.17) is 14.0 Å². The van der Waals surface area contributed by atoms with Crippen molar-refractivity contribution in [3.63, 3.8) is 0 Å². The van der Waals surface area contributed by atoms with Crippen LogP contribution in [0.15, 0.2) is 22.7 Å². The lowest BCUT2D eigenvalue weighted by molar-refractivity contribution is 0.0551. The molecule has 1 aliphatic heterocycles. The number of carbonyl (C=O) groups excluding carboxylic acids is 1. The molecule has 0 spiro atoms.